The van der Waals surface area contributed by atoms with Gasteiger partial charge in [0.05, 0.1) is 12.0 Å². The molecule has 6 N–H and O–H groups in total. The minimum atomic E-state index is -0.901. The van der Waals surface area contributed by atoms with Crippen molar-refractivity contribution >= 4 is 35.9 Å². The second-order valence-corrected chi connectivity index (χ2v) is 12.0. The smallest absolute Gasteiger partial charge is 0.303 e. The monoisotopic (exact) mass is 592 g/mol. The topological polar surface area (TPSA) is 161 Å². The lowest BCUT2D eigenvalue weighted by Crippen LogP contribution is -2.28. The van der Waals surface area contributed by atoms with Gasteiger partial charge in [0, 0.05) is 52.5 Å². The Kier molecular flexibility index (Phi) is 9.67. The van der Waals surface area contributed by atoms with E-state index in [2.05, 4.69) is 33.9 Å². The molecule has 0 saturated carbocycles. The Morgan fingerprint density at radius 2 is 1.51 bits per heavy atom. The van der Waals surface area contributed by atoms with Crippen molar-refractivity contribution in [3.05, 3.63) is 56.1 Å². The molecule has 232 valence electrons. The van der Waals surface area contributed by atoms with Gasteiger partial charge < -0.3 is 31.1 Å². The summed E-state index contributed by atoms with van der Waals surface area (Å²) in [4.78, 5) is 51.4. The largest absolute Gasteiger partial charge is 0.481 e. The molecule has 0 bridgehead atoms. The molecule has 4 rings (SSSR count). The summed E-state index contributed by atoms with van der Waals surface area (Å²) < 4.78 is 0. The zero-order valence-electron chi connectivity index (χ0n) is 25.9. The quantitative estimate of drug-likeness (QED) is 0.230. The lowest BCUT2D eigenvalue weighted by Gasteiger charge is -2.18. The van der Waals surface area contributed by atoms with Crippen LogP contribution in [0, 0.1) is 30.6 Å². The third-order valence-corrected chi connectivity index (χ3v) is 9.43. The number of carboxylic acid groups (broad SMARTS) is 2. The van der Waals surface area contributed by atoms with Gasteiger partial charge in [-0.2, -0.15) is 0 Å². The van der Waals surface area contributed by atoms with Gasteiger partial charge in [-0.3, -0.25) is 19.2 Å². The second-order valence-electron chi connectivity index (χ2n) is 12.0. The van der Waals surface area contributed by atoms with E-state index in [1.54, 1.807) is 0 Å². The Balaban J connectivity index is 1.81. The lowest BCUT2D eigenvalue weighted by atomic mass is 9.87. The van der Waals surface area contributed by atoms with E-state index in [0.717, 1.165) is 56.5 Å². The number of allylic oxidation sites excluding steroid dienone is 3. The number of aliphatic carboxylic acids is 2. The van der Waals surface area contributed by atoms with Gasteiger partial charge in [-0.15, -0.1) is 0 Å². The summed E-state index contributed by atoms with van der Waals surface area (Å²) in [5, 5.41) is 30.0. The van der Waals surface area contributed by atoms with Gasteiger partial charge in [0.25, 0.3) is 0 Å². The fourth-order valence-corrected chi connectivity index (χ4v) is 6.68. The van der Waals surface area contributed by atoms with Crippen LogP contribution in [0.3, 0.4) is 0 Å². The molecule has 1 aromatic rings. The van der Waals surface area contributed by atoms with Crippen LogP contribution in [-0.2, 0) is 25.6 Å². The predicted octanol–water partition coefficient (Wildman–Crippen LogP) is 2.73. The number of carbonyl (C=O) groups excluding carboxylic acids is 2. The SMILES string of the molecule is CCC1C(=O)NC(/C=c2/[nH]/c(=C\C3=C(CCC(=O)O)C(C)/C(=C/C4NC(=O)[C@H](C)[C@H]4CC)N3)c(CCC(=O)O)c2C)=C1C. The molecule has 3 unspecified atom stereocenters. The van der Waals surface area contributed by atoms with Crippen LogP contribution in [0.2, 0.25) is 0 Å². The number of H-pyrrole nitrogens is 1. The first kappa shape index (κ1) is 31.8. The normalized spacial score (nSPS) is 27.4. The molecule has 3 aliphatic rings. The zero-order chi connectivity index (χ0) is 31.6. The highest BCUT2D eigenvalue weighted by Crippen LogP contribution is 2.35. The van der Waals surface area contributed by atoms with E-state index in [1.807, 2.05) is 46.8 Å². The van der Waals surface area contributed by atoms with Gasteiger partial charge in [0.2, 0.25) is 11.8 Å². The minimum Gasteiger partial charge on any atom is -0.481 e. The summed E-state index contributed by atoms with van der Waals surface area (Å²) in [6, 6.07) is -0.123. The summed E-state index contributed by atoms with van der Waals surface area (Å²) in [7, 11) is 0. The summed E-state index contributed by atoms with van der Waals surface area (Å²) in [5.41, 5.74) is 6.08. The van der Waals surface area contributed by atoms with Crippen LogP contribution in [0.5, 0.6) is 0 Å². The molecule has 1 saturated heterocycles. The van der Waals surface area contributed by atoms with E-state index in [0.29, 0.717) is 19.3 Å². The van der Waals surface area contributed by atoms with Crippen molar-refractivity contribution in [2.24, 2.45) is 23.7 Å². The maximum atomic E-state index is 12.4. The molecule has 43 heavy (non-hydrogen) atoms. The number of carboxylic acids is 2. The van der Waals surface area contributed by atoms with E-state index < -0.39 is 11.9 Å². The molecule has 1 aromatic heterocycles. The maximum absolute atomic E-state index is 12.4. The highest BCUT2D eigenvalue weighted by Gasteiger charge is 2.38. The number of amides is 2. The summed E-state index contributed by atoms with van der Waals surface area (Å²) >= 11 is 0. The molecule has 10 nitrogen and oxygen atoms in total. The van der Waals surface area contributed by atoms with Crippen LogP contribution in [0.15, 0.2) is 34.3 Å². The molecule has 1 fully saturated rings. The van der Waals surface area contributed by atoms with Crippen molar-refractivity contribution in [2.75, 3.05) is 0 Å². The average molecular weight is 593 g/mol. The van der Waals surface area contributed by atoms with Gasteiger partial charge in [-0.25, -0.2) is 0 Å². The third kappa shape index (κ3) is 6.63. The Labute approximate surface area is 252 Å². The fourth-order valence-electron chi connectivity index (χ4n) is 6.68. The molecular weight excluding hydrogens is 548 g/mol. The van der Waals surface area contributed by atoms with Crippen LogP contribution < -0.4 is 26.6 Å². The van der Waals surface area contributed by atoms with Gasteiger partial charge in [-0.05, 0) is 79.5 Å². The highest BCUT2D eigenvalue weighted by molar-refractivity contribution is 5.89. The predicted molar refractivity (Wildman–Crippen MR) is 163 cm³/mol. The van der Waals surface area contributed by atoms with E-state index in [-0.39, 0.29) is 54.4 Å². The molecular formula is C33H44N4O6. The molecule has 5 atom stereocenters. The van der Waals surface area contributed by atoms with Gasteiger partial charge in [0.15, 0.2) is 0 Å². The molecule has 0 aliphatic carbocycles. The zero-order valence-corrected chi connectivity index (χ0v) is 25.9. The van der Waals surface area contributed by atoms with Gasteiger partial charge in [0.1, 0.15) is 0 Å². The number of carbonyl (C=O) groups is 4. The van der Waals surface area contributed by atoms with E-state index in [9.17, 15) is 29.4 Å². The van der Waals surface area contributed by atoms with Crippen LogP contribution in [-0.4, -0.2) is 45.0 Å². The van der Waals surface area contributed by atoms with Crippen LogP contribution in [0.4, 0.5) is 0 Å². The molecule has 0 spiro atoms. The van der Waals surface area contributed by atoms with Crippen molar-refractivity contribution in [3.8, 4) is 0 Å². The number of nitrogens with one attached hydrogen (secondary N) is 4. The molecule has 0 aromatic carbocycles. The summed E-state index contributed by atoms with van der Waals surface area (Å²) in [6.07, 6.45) is 8.04. The number of hydrogen-bond acceptors (Lipinski definition) is 5. The first-order valence-electron chi connectivity index (χ1n) is 15.2. The van der Waals surface area contributed by atoms with Gasteiger partial charge in [-0.1, -0.05) is 34.1 Å². The minimum absolute atomic E-state index is 0.0248. The second kappa shape index (κ2) is 13.1. The van der Waals surface area contributed by atoms with Gasteiger partial charge >= 0.3 is 11.9 Å². The van der Waals surface area contributed by atoms with Crippen molar-refractivity contribution in [2.45, 2.75) is 86.1 Å². The summed E-state index contributed by atoms with van der Waals surface area (Å²) in [6.45, 7) is 11.9. The number of rotatable bonds is 11. The van der Waals surface area contributed by atoms with Crippen molar-refractivity contribution < 1.29 is 29.4 Å². The number of hydrogen-bond donors (Lipinski definition) is 6. The van der Waals surface area contributed by atoms with Crippen LogP contribution in [0.25, 0.3) is 12.2 Å². The van der Waals surface area contributed by atoms with Crippen LogP contribution in [0.1, 0.15) is 77.8 Å². The summed E-state index contributed by atoms with van der Waals surface area (Å²) in [5.74, 6) is -1.96. The third-order valence-electron chi connectivity index (χ3n) is 9.43. The Morgan fingerprint density at radius 3 is 2.12 bits per heavy atom. The first-order chi connectivity index (χ1) is 20.4. The van der Waals surface area contributed by atoms with Crippen molar-refractivity contribution in [1.29, 1.82) is 0 Å². The van der Waals surface area contributed by atoms with Crippen molar-refractivity contribution in [1.82, 2.24) is 20.9 Å². The number of aromatic nitrogens is 1. The van der Waals surface area contributed by atoms with E-state index in [4.69, 9.17) is 0 Å². The average Bonchev–Trinajstić information content (AvgIpc) is 3.59. The Bertz CT molecular complexity index is 1540. The number of aromatic amines is 1. The van der Waals surface area contributed by atoms with Crippen molar-refractivity contribution in [3.63, 3.8) is 0 Å². The first-order valence-corrected chi connectivity index (χ1v) is 15.2. The standard InChI is InChI=1S/C33H44N4O6/c1-7-20-19(6)32(42)37-27(20)14-25-18(5)23(10-12-31(40)41)29(35-25)15-28-22(9-11-30(38)39)17(4)24(34-28)13-26-16(3)21(8-2)33(43)36-26/h13-15,18-21,27,34-35H,7-12H2,1-6H3,(H,36,43)(H,37,42)(H,38,39)(H,40,41)/b24-13+,25-14-,28-15-/t18?,19-,20-,21?,27?/m1/s1. The Morgan fingerprint density at radius 1 is 0.860 bits per heavy atom. The van der Waals surface area contributed by atoms with E-state index in [1.165, 1.54) is 0 Å². The van der Waals surface area contributed by atoms with Crippen LogP contribution >= 0.6 is 0 Å². The maximum Gasteiger partial charge on any atom is 0.303 e. The lowest BCUT2D eigenvalue weighted by molar-refractivity contribution is -0.138. The molecule has 4 heterocycles. The fraction of sp³-hybridized carbons (Fsp3) is 0.515. The molecule has 2 amide bonds. The highest BCUT2D eigenvalue weighted by atomic mass is 16.4. The molecule has 3 aliphatic heterocycles. The molecule has 10 heteroatoms. The molecule has 0 radical (unpaired) electrons. The van der Waals surface area contributed by atoms with E-state index >= 15 is 0 Å². The Hall–Kier alpha value is -4.08.